The molecular weight excluding hydrogens is 222 g/mol. The zero-order valence-electron chi connectivity index (χ0n) is 10.1. The smallest absolute Gasteiger partial charge is 0.311 e. The summed E-state index contributed by atoms with van der Waals surface area (Å²) in [5, 5.41) is 9.20. The van der Waals surface area contributed by atoms with Crippen LogP contribution in [0.4, 0.5) is 0 Å². The number of aliphatic carboxylic acids is 1. The third-order valence-electron chi connectivity index (χ3n) is 3.80. The van der Waals surface area contributed by atoms with Gasteiger partial charge in [-0.2, -0.15) is 0 Å². The summed E-state index contributed by atoms with van der Waals surface area (Å²) in [6, 6.07) is 0. The van der Waals surface area contributed by atoms with Crippen molar-refractivity contribution in [2.24, 2.45) is 11.3 Å². The number of hydrogen-bond acceptors (Lipinski definition) is 3. The molecule has 0 aliphatic carbocycles. The Kier molecular flexibility index (Phi) is 3.38. The van der Waals surface area contributed by atoms with E-state index in [0.29, 0.717) is 32.7 Å². The van der Waals surface area contributed by atoms with Crippen LogP contribution in [0.15, 0.2) is 0 Å². The summed E-state index contributed by atoms with van der Waals surface area (Å²) < 4.78 is 5.20. The summed E-state index contributed by atoms with van der Waals surface area (Å²) in [5.41, 5.74) is -0.784. The molecule has 5 heteroatoms. The Labute approximate surface area is 101 Å². The summed E-state index contributed by atoms with van der Waals surface area (Å²) in [7, 11) is 0. The molecular formula is C12H19NO4. The number of carbonyl (C=O) groups is 2. The summed E-state index contributed by atoms with van der Waals surface area (Å²) in [6.45, 7) is 3.86. The average molecular weight is 241 g/mol. The van der Waals surface area contributed by atoms with Crippen molar-refractivity contribution in [3.8, 4) is 0 Å². The van der Waals surface area contributed by atoms with Crippen LogP contribution >= 0.6 is 0 Å². The van der Waals surface area contributed by atoms with Gasteiger partial charge in [-0.15, -0.1) is 0 Å². The maximum atomic E-state index is 12.2. The summed E-state index contributed by atoms with van der Waals surface area (Å²) in [4.78, 5) is 25.1. The summed E-state index contributed by atoms with van der Waals surface area (Å²) >= 11 is 0. The molecule has 0 aromatic heterocycles. The topological polar surface area (TPSA) is 66.8 Å². The Morgan fingerprint density at radius 2 is 2.24 bits per heavy atom. The van der Waals surface area contributed by atoms with Gasteiger partial charge >= 0.3 is 5.97 Å². The second-order valence-electron chi connectivity index (χ2n) is 5.29. The first kappa shape index (κ1) is 12.4. The van der Waals surface area contributed by atoms with Gasteiger partial charge in [0, 0.05) is 19.7 Å². The number of nitrogens with zero attached hydrogens (tertiary/aromatic N) is 1. The monoisotopic (exact) mass is 241 g/mol. The molecule has 2 aliphatic rings. The molecule has 2 heterocycles. The van der Waals surface area contributed by atoms with E-state index in [9.17, 15) is 14.7 Å². The van der Waals surface area contributed by atoms with Crippen LogP contribution < -0.4 is 0 Å². The normalized spacial score (nSPS) is 33.7. The van der Waals surface area contributed by atoms with E-state index < -0.39 is 11.4 Å². The number of amides is 1. The number of carboxylic acids is 1. The number of ether oxygens (including phenoxy) is 1. The second-order valence-corrected chi connectivity index (χ2v) is 5.29. The molecule has 0 saturated carbocycles. The van der Waals surface area contributed by atoms with Gasteiger partial charge in [-0.1, -0.05) is 0 Å². The van der Waals surface area contributed by atoms with Crippen LogP contribution in [0, 0.1) is 11.3 Å². The van der Waals surface area contributed by atoms with Crippen LogP contribution in [0.1, 0.15) is 26.2 Å². The lowest BCUT2D eigenvalue weighted by Gasteiger charge is -2.38. The van der Waals surface area contributed by atoms with Crippen LogP contribution in [0.2, 0.25) is 0 Å². The van der Waals surface area contributed by atoms with E-state index >= 15 is 0 Å². The maximum absolute atomic E-state index is 12.2. The highest BCUT2D eigenvalue weighted by Gasteiger charge is 2.41. The van der Waals surface area contributed by atoms with Crippen molar-refractivity contribution in [1.82, 2.24) is 4.90 Å². The fourth-order valence-electron chi connectivity index (χ4n) is 2.59. The zero-order valence-corrected chi connectivity index (χ0v) is 10.1. The Balaban J connectivity index is 2.01. The molecule has 0 radical (unpaired) electrons. The lowest BCUT2D eigenvalue weighted by Crippen LogP contribution is -2.50. The second kappa shape index (κ2) is 4.64. The highest BCUT2D eigenvalue weighted by molar-refractivity contribution is 5.81. The molecule has 0 aromatic rings. The fraction of sp³-hybridized carbons (Fsp3) is 0.833. The van der Waals surface area contributed by atoms with Crippen molar-refractivity contribution in [1.29, 1.82) is 0 Å². The number of hydrogen-bond donors (Lipinski definition) is 1. The van der Waals surface area contributed by atoms with Crippen LogP contribution in [0.3, 0.4) is 0 Å². The minimum Gasteiger partial charge on any atom is -0.481 e. The van der Waals surface area contributed by atoms with Crippen LogP contribution in [-0.2, 0) is 14.3 Å². The molecule has 2 unspecified atom stereocenters. The number of rotatable bonds is 2. The minimum atomic E-state index is -0.808. The van der Waals surface area contributed by atoms with Crippen LogP contribution in [0.25, 0.3) is 0 Å². The predicted molar refractivity (Wildman–Crippen MR) is 60.5 cm³/mol. The van der Waals surface area contributed by atoms with Gasteiger partial charge in [0.15, 0.2) is 0 Å². The molecule has 1 N–H and O–H groups in total. The SMILES string of the molecule is CC1(C(=O)O)CCCN(C(=O)C2CCOC2)C1. The maximum Gasteiger partial charge on any atom is 0.311 e. The minimum absolute atomic E-state index is 0.0638. The Morgan fingerprint density at radius 1 is 1.47 bits per heavy atom. The number of likely N-dealkylation sites (tertiary alicyclic amines) is 1. The molecule has 5 nitrogen and oxygen atoms in total. The molecule has 2 saturated heterocycles. The predicted octanol–water partition coefficient (Wildman–Crippen LogP) is 0.736. The third-order valence-corrected chi connectivity index (χ3v) is 3.80. The molecule has 17 heavy (non-hydrogen) atoms. The van der Waals surface area contributed by atoms with Crippen LogP contribution in [0.5, 0.6) is 0 Å². The van der Waals surface area contributed by atoms with Gasteiger partial charge in [0.25, 0.3) is 0 Å². The Hall–Kier alpha value is -1.10. The zero-order chi connectivity index (χ0) is 12.5. The molecule has 2 atom stereocenters. The van der Waals surface area contributed by atoms with Crippen LogP contribution in [-0.4, -0.2) is 48.2 Å². The van der Waals surface area contributed by atoms with E-state index in [0.717, 1.165) is 12.8 Å². The van der Waals surface area contributed by atoms with Gasteiger partial charge in [-0.3, -0.25) is 9.59 Å². The van der Waals surface area contributed by atoms with Gasteiger partial charge < -0.3 is 14.7 Å². The number of carboxylic acid groups (broad SMARTS) is 1. The van der Waals surface area contributed by atoms with E-state index in [1.165, 1.54) is 0 Å². The van der Waals surface area contributed by atoms with E-state index in [4.69, 9.17) is 4.74 Å². The highest BCUT2D eigenvalue weighted by atomic mass is 16.5. The van der Waals surface area contributed by atoms with Gasteiger partial charge in [0.2, 0.25) is 5.91 Å². The molecule has 2 aliphatic heterocycles. The van der Waals surface area contributed by atoms with Crippen molar-refractivity contribution in [2.75, 3.05) is 26.3 Å². The Bertz CT molecular complexity index is 324. The van der Waals surface area contributed by atoms with E-state index in [1.807, 2.05) is 0 Å². The first-order valence-electron chi connectivity index (χ1n) is 6.13. The lowest BCUT2D eigenvalue weighted by molar-refractivity contribution is -0.154. The molecule has 2 fully saturated rings. The van der Waals surface area contributed by atoms with Crippen molar-refractivity contribution < 1.29 is 19.4 Å². The van der Waals surface area contributed by atoms with Gasteiger partial charge in [-0.25, -0.2) is 0 Å². The highest BCUT2D eigenvalue weighted by Crippen LogP contribution is 2.31. The quantitative estimate of drug-likeness (QED) is 0.774. The van der Waals surface area contributed by atoms with Gasteiger partial charge in [0.05, 0.1) is 17.9 Å². The summed E-state index contributed by atoms with van der Waals surface area (Å²) in [5.74, 6) is -0.807. The molecule has 96 valence electrons. The molecule has 2 rings (SSSR count). The Morgan fingerprint density at radius 3 is 2.82 bits per heavy atom. The standard InChI is InChI=1S/C12H19NO4/c1-12(11(15)16)4-2-5-13(8-12)10(14)9-3-6-17-7-9/h9H,2-8H2,1H3,(H,15,16). The number of carbonyl (C=O) groups excluding carboxylic acids is 1. The van der Waals surface area contributed by atoms with Crippen molar-refractivity contribution in [3.05, 3.63) is 0 Å². The van der Waals surface area contributed by atoms with E-state index in [1.54, 1.807) is 11.8 Å². The fourth-order valence-corrected chi connectivity index (χ4v) is 2.59. The number of piperidine rings is 1. The van der Waals surface area contributed by atoms with Crippen molar-refractivity contribution in [2.45, 2.75) is 26.2 Å². The lowest BCUT2D eigenvalue weighted by atomic mass is 9.81. The average Bonchev–Trinajstić information content (AvgIpc) is 2.81. The van der Waals surface area contributed by atoms with E-state index in [-0.39, 0.29) is 11.8 Å². The molecule has 1 amide bonds. The van der Waals surface area contributed by atoms with Gasteiger partial charge in [0.1, 0.15) is 0 Å². The molecule has 0 bridgehead atoms. The van der Waals surface area contributed by atoms with Gasteiger partial charge in [-0.05, 0) is 26.2 Å². The summed E-state index contributed by atoms with van der Waals surface area (Å²) in [6.07, 6.45) is 2.18. The largest absolute Gasteiger partial charge is 0.481 e. The van der Waals surface area contributed by atoms with Crippen molar-refractivity contribution in [3.63, 3.8) is 0 Å². The molecule has 0 aromatic carbocycles. The van der Waals surface area contributed by atoms with E-state index in [2.05, 4.69) is 0 Å². The first-order chi connectivity index (χ1) is 8.03. The van der Waals surface area contributed by atoms with Crippen molar-refractivity contribution >= 4 is 11.9 Å². The third kappa shape index (κ3) is 2.44. The first-order valence-corrected chi connectivity index (χ1v) is 6.13. The molecule has 0 spiro atoms.